The molecule has 6 nitrogen and oxygen atoms in total. The Labute approximate surface area is 287 Å². The molecular formula is C41H42O6S. The van der Waals surface area contributed by atoms with E-state index in [0.717, 1.165) is 27.1 Å². The molecule has 0 radical (unpaired) electrons. The second-order valence-electron chi connectivity index (χ2n) is 11.8. The SMILES string of the molecule is O[C@@]1(CSc2ccccc2)O[C@H](COCc2ccccc2)[C@@H](OCc2ccccc2)[C@H](OCc2ccccc2)[C@H]1OCc1ccccc1. The summed E-state index contributed by atoms with van der Waals surface area (Å²) < 4.78 is 33.1. The number of thioether (sulfide) groups is 1. The Morgan fingerprint density at radius 1 is 0.521 bits per heavy atom. The third-order valence-corrected chi connectivity index (χ3v) is 9.38. The highest BCUT2D eigenvalue weighted by atomic mass is 32.2. The van der Waals surface area contributed by atoms with Gasteiger partial charge >= 0.3 is 0 Å². The zero-order valence-corrected chi connectivity index (χ0v) is 27.7. The van der Waals surface area contributed by atoms with Crippen molar-refractivity contribution in [3.63, 3.8) is 0 Å². The van der Waals surface area contributed by atoms with Crippen molar-refractivity contribution in [1.29, 1.82) is 0 Å². The van der Waals surface area contributed by atoms with Crippen LogP contribution in [0.2, 0.25) is 0 Å². The third kappa shape index (κ3) is 9.65. The highest BCUT2D eigenvalue weighted by molar-refractivity contribution is 7.99. The average Bonchev–Trinajstić information content (AvgIpc) is 3.14. The van der Waals surface area contributed by atoms with E-state index in [2.05, 4.69) is 0 Å². The van der Waals surface area contributed by atoms with Gasteiger partial charge in [-0.15, -0.1) is 11.8 Å². The number of hydrogen-bond donors (Lipinski definition) is 1. The summed E-state index contributed by atoms with van der Waals surface area (Å²) in [5.74, 6) is -1.52. The van der Waals surface area contributed by atoms with Crippen molar-refractivity contribution in [2.75, 3.05) is 12.4 Å². The summed E-state index contributed by atoms with van der Waals surface area (Å²) in [5.41, 5.74) is 4.05. The molecule has 0 saturated carbocycles. The maximum Gasteiger partial charge on any atom is 0.205 e. The summed E-state index contributed by atoms with van der Waals surface area (Å²) in [6.07, 6.45) is -2.86. The van der Waals surface area contributed by atoms with Crippen LogP contribution in [0.15, 0.2) is 157 Å². The smallest absolute Gasteiger partial charge is 0.205 e. The minimum Gasteiger partial charge on any atom is -0.374 e. The molecule has 7 heteroatoms. The zero-order chi connectivity index (χ0) is 32.9. The summed E-state index contributed by atoms with van der Waals surface area (Å²) in [6.45, 7) is 1.48. The fourth-order valence-electron chi connectivity index (χ4n) is 5.76. The molecule has 0 spiro atoms. The first-order valence-electron chi connectivity index (χ1n) is 16.3. The zero-order valence-electron chi connectivity index (χ0n) is 26.9. The molecule has 1 N–H and O–H groups in total. The van der Waals surface area contributed by atoms with E-state index in [1.165, 1.54) is 11.8 Å². The van der Waals surface area contributed by atoms with Gasteiger partial charge in [-0.2, -0.15) is 0 Å². The van der Waals surface area contributed by atoms with E-state index < -0.39 is 30.2 Å². The number of hydrogen-bond acceptors (Lipinski definition) is 7. The summed E-state index contributed by atoms with van der Waals surface area (Å²) >= 11 is 1.51. The second-order valence-corrected chi connectivity index (χ2v) is 12.9. The Bertz CT molecular complexity index is 1610. The summed E-state index contributed by atoms with van der Waals surface area (Å²) in [5, 5.41) is 12.6. The molecule has 1 aliphatic heterocycles. The van der Waals surface area contributed by atoms with Crippen molar-refractivity contribution in [2.45, 2.75) is 61.5 Å². The highest BCUT2D eigenvalue weighted by Crippen LogP contribution is 2.39. The van der Waals surface area contributed by atoms with Crippen LogP contribution in [0.4, 0.5) is 0 Å². The molecule has 0 bridgehead atoms. The standard InChI is InChI=1S/C41H42O6S/c42-41(31-48-36-24-14-5-15-25-36)40(46-29-35-22-12-4-13-23-35)39(45-28-34-20-10-3-11-21-34)38(44-27-33-18-8-2-9-19-33)37(47-41)30-43-26-32-16-6-1-7-17-32/h1-25,37-40,42H,26-31H2/t37-,38-,39+,40-,41+/m1/s1. The van der Waals surface area contributed by atoms with E-state index in [1.807, 2.05) is 152 Å². The van der Waals surface area contributed by atoms with Gasteiger partial charge < -0.3 is 28.8 Å². The molecule has 248 valence electrons. The molecule has 0 aromatic heterocycles. The molecule has 5 aromatic carbocycles. The number of aliphatic hydroxyl groups is 1. The summed E-state index contributed by atoms with van der Waals surface area (Å²) in [7, 11) is 0. The van der Waals surface area contributed by atoms with Crippen molar-refractivity contribution >= 4 is 11.8 Å². The lowest BCUT2D eigenvalue weighted by Crippen LogP contribution is -2.68. The van der Waals surface area contributed by atoms with Crippen LogP contribution in [0.1, 0.15) is 22.3 Å². The fourth-order valence-corrected chi connectivity index (χ4v) is 6.71. The van der Waals surface area contributed by atoms with E-state index in [0.29, 0.717) is 19.8 Å². The molecule has 6 rings (SSSR count). The Balaban J connectivity index is 1.33. The third-order valence-electron chi connectivity index (χ3n) is 8.21. The normalized spacial score (nSPS) is 22.4. The van der Waals surface area contributed by atoms with Crippen molar-refractivity contribution < 1.29 is 28.8 Å². The molecule has 0 aliphatic carbocycles. The van der Waals surface area contributed by atoms with Gasteiger partial charge in [0.25, 0.3) is 0 Å². The molecular weight excluding hydrogens is 621 g/mol. The van der Waals surface area contributed by atoms with Crippen molar-refractivity contribution in [3.05, 3.63) is 174 Å². The van der Waals surface area contributed by atoms with Crippen LogP contribution in [-0.4, -0.2) is 47.7 Å². The first-order chi connectivity index (χ1) is 23.7. The van der Waals surface area contributed by atoms with Crippen LogP contribution in [0.25, 0.3) is 0 Å². The second kappa shape index (κ2) is 17.6. The highest BCUT2D eigenvalue weighted by Gasteiger charge is 2.56. The number of ether oxygens (including phenoxy) is 5. The molecule has 1 heterocycles. The Morgan fingerprint density at radius 2 is 0.938 bits per heavy atom. The molecule has 1 aliphatic rings. The van der Waals surface area contributed by atoms with Crippen LogP contribution in [0.5, 0.6) is 0 Å². The van der Waals surface area contributed by atoms with E-state index in [-0.39, 0.29) is 19.0 Å². The predicted octanol–water partition coefficient (Wildman–Crippen LogP) is 7.84. The van der Waals surface area contributed by atoms with Crippen LogP contribution in [-0.2, 0) is 50.1 Å². The van der Waals surface area contributed by atoms with Crippen LogP contribution < -0.4 is 0 Å². The van der Waals surface area contributed by atoms with Crippen LogP contribution in [0.3, 0.4) is 0 Å². The predicted molar refractivity (Wildman–Crippen MR) is 188 cm³/mol. The molecule has 5 aromatic rings. The Hall–Kier alpha value is -3.79. The Morgan fingerprint density at radius 3 is 1.44 bits per heavy atom. The summed E-state index contributed by atoms with van der Waals surface area (Å²) in [4.78, 5) is 1.01. The lowest BCUT2D eigenvalue weighted by Gasteiger charge is -2.50. The van der Waals surface area contributed by atoms with E-state index >= 15 is 0 Å². The van der Waals surface area contributed by atoms with Gasteiger partial charge in [0.2, 0.25) is 5.79 Å². The van der Waals surface area contributed by atoms with Gasteiger partial charge in [0.1, 0.15) is 24.4 Å². The van der Waals surface area contributed by atoms with Crippen LogP contribution >= 0.6 is 11.8 Å². The first-order valence-corrected chi connectivity index (χ1v) is 17.3. The molecule has 0 amide bonds. The molecule has 0 unspecified atom stereocenters. The lowest BCUT2D eigenvalue weighted by molar-refractivity contribution is -0.361. The van der Waals surface area contributed by atoms with E-state index in [1.54, 1.807) is 0 Å². The van der Waals surface area contributed by atoms with Gasteiger partial charge in [0.05, 0.1) is 38.8 Å². The molecule has 48 heavy (non-hydrogen) atoms. The fraction of sp³-hybridized carbons (Fsp3) is 0.268. The lowest BCUT2D eigenvalue weighted by atomic mass is 9.92. The van der Waals surface area contributed by atoms with Crippen LogP contribution in [0, 0.1) is 0 Å². The molecule has 5 atom stereocenters. The maximum absolute atomic E-state index is 12.6. The monoisotopic (exact) mass is 662 g/mol. The van der Waals surface area contributed by atoms with Crippen molar-refractivity contribution in [2.24, 2.45) is 0 Å². The van der Waals surface area contributed by atoms with Crippen molar-refractivity contribution in [1.82, 2.24) is 0 Å². The van der Waals surface area contributed by atoms with Gasteiger partial charge in [-0.3, -0.25) is 0 Å². The average molecular weight is 663 g/mol. The minimum absolute atomic E-state index is 0.184. The number of rotatable bonds is 16. The first kappa shape index (κ1) is 34.1. The quantitative estimate of drug-likeness (QED) is 0.108. The topological polar surface area (TPSA) is 66.4 Å². The summed E-state index contributed by atoms with van der Waals surface area (Å²) in [6, 6.07) is 50.0. The maximum atomic E-state index is 12.6. The molecule has 1 saturated heterocycles. The largest absolute Gasteiger partial charge is 0.374 e. The van der Waals surface area contributed by atoms with Gasteiger partial charge in [0, 0.05) is 4.90 Å². The molecule has 1 fully saturated rings. The van der Waals surface area contributed by atoms with Gasteiger partial charge in [0.15, 0.2) is 0 Å². The minimum atomic E-state index is -1.73. The Kier molecular flexibility index (Phi) is 12.5. The van der Waals surface area contributed by atoms with Gasteiger partial charge in [-0.05, 0) is 34.4 Å². The van der Waals surface area contributed by atoms with Gasteiger partial charge in [-0.25, -0.2) is 0 Å². The number of benzene rings is 5. The van der Waals surface area contributed by atoms with Crippen molar-refractivity contribution in [3.8, 4) is 0 Å². The van der Waals surface area contributed by atoms with Gasteiger partial charge in [-0.1, -0.05) is 140 Å². The van der Waals surface area contributed by atoms with E-state index in [9.17, 15) is 5.11 Å². The van der Waals surface area contributed by atoms with E-state index in [4.69, 9.17) is 23.7 Å².